The van der Waals surface area contributed by atoms with Gasteiger partial charge in [0.2, 0.25) is 5.95 Å². The molecule has 2 aromatic heterocycles. The van der Waals surface area contributed by atoms with Crippen molar-refractivity contribution in [1.29, 1.82) is 0 Å². The van der Waals surface area contributed by atoms with Crippen molar-refractivity contribution in [2.75, 3.05) is 17.2 Å². The van der Waals surface area contributed by atoms with Crippen molar-refractivity contribution in [3.8, 4) is 0 Å². The lowest BCUT2D eigenvalue weighted by Gasteiger charge is -2.28. The van der Waals surface area contributed by atoms with Crippen LogP contribution in [0, 0.1) is 0 Å². The fraction of sp³-hybridized carbons (Fsp3) is 0.238. The van der Waals surface area contributed by atoms with Crippen LogP contribution in [0.4, 0.5) is 11.6 Å². The van der Waals surface area contributed by atoms with Crippen LogP contribution in [-0.2, 0) is 11.2 Å². The number of carbonyl (C=O) groups excluding carboxylic acids is 1. The first-order chi connectivity index (χ1) is 14.6. The predicted molar refractivity (Wildman–Crippen MR) is 114 cm³/mol. The highest BCUT2D eigenvalue weighted by atomic mass is 35.5. The fourth-order valence-electron chi connectivity index (χ4n) is 3.42. The minimum absolute atomic E-state index is 0.0666. The molecule has 0 spiro atoms. The van der Waals surface area contributed by atoms with Crippen molar-refractivity contribution in [3.05, 3.63) is 76.5 Å². The van der Waals surface area contributed by atoms with Crippen LogP contribution in [-0.4, -0.2) is 37.4 Å². The second kappa shape index (κ2) is 8.64. The predicted octanol–water partition coefficient (Wildman–Crippen LogP) is 3.18. The van der Waals surface area contributed by atoms with Crippen molar-refractivity contribution in [2.45, 2.75) is 25.8 Å². The first kappa shape index (κ1) is 20.1. The maximum absolute atomic E-state index is 13.3. The molecule has 0 unspecified atom stereocenters. The van der Waals surface area contributed by atoms with Crippen molar-refractivity contribution in [2.24, 2.45) is 0 Å². The van der Waals surface area contributed by atoms with Gasteiger partial charge in [-0.2, -0.15) is 10.1 Å². The number of allylic oxidation sites excluding steroid dienone is 1. The molecule has 0 fully saturated rings. The van der Waals surface area contributed by atoms with Gasteiger partial charge in [0.1, 0.15) is 6.04 Å². The molecule has 0 bridgehead atoms. The number of fused-ring (bicyclic) bond motifs is 1. The van der Waals surface area contributed by atoms with Gasteiger partial charge in [0.15, 0.2) is 5.82 Å². The van der Waals surface area contributed by atoms with Gasteiger partial charge in [-0.05, 0) is 55.3 Å². The van der Waals surface area contributed by atoms with E-state index in [-0.39, 0.29) is 12.5 Å². The summed E-state index contributed by atoms with van der Waals surface area (Å²) in [6.07, 6.45) is 4.49. The highest BCUT2D eigenvalue weighted by molar-refractivity contribution is 6.30. The molecule has 0 saturated heterocycles. The lowest BCUT2D eigenvalue weighted by molar-refractivity contribution is -0.113. The number of aliphatic hydroxyl groups excluding tert-OH is 1. The minimum Gasteiger partial charge on any atom is -0.396 e. The Morgan fingerprint density at radius 1 is 1.23 bits per heavy atom. The van der Waals surface area contributed by atoms with Gasteiger partial charge >= 0.3 is 0 Å². The first-order valence-electron chi connectivity index (χ1n) is 9.57. The van der Waals surface area contributed by atoms with Crippen LogP contribution in [0.2, 0.25) is 5.02 Å². The molecule has 30 heavy (non-hydrogen) atoms. The van der Waals surface area contributed by atoms with E-state index in [1.807, 2.05) is 19.1 Å². The topological polar surface area (TPSA) is 105 Å². The monoisotopic (exact) mass is 424 g/mol. The number of hydrogen-bond donors (Lipinski definition) is 3. The van der Waals surface area contributed by atoms with Crippen LogP contribution in [0.3, 0.4) is 0 Å². The molecule has 1 amide bonds. The minimum atomic E-state index is -0.466. The van der Waals surface area contributed by atoms with Gasteiger partial charge in [0.25, 0.3) is 5.91 Å². The number of hydrogen-bond acceptors (Lipinski definition) is 6. The maximum atomic E-state index is 13.3. The lowest BCUT2D eigenvalue weighted by Crippen LogP contribution is -2.31. The van der Waals surface area contributed by atoms with Gasteiger partial charge in [0, 0.05) is 41.8 Å². The molecule has 3 N–H and O–H groups in total. The summed E-state index contributed by atoms with van der Waals surface area (Å²) in [5.41, 5.74) is 2.73. The molecular formula is C21H21ClN6O2. The van der Waals surface area contributed by atoms with Gasteiger partial charge in [-0.3, -0.25) is 9.78 Å². The molecule has 1 aliphatic rings. The Morgan fingerprint density at radius 2 is 1.97 bits per heavy atom. The summed E-state index contributed by atoms with van der Waals surface area (Å²) in [4.78, 5) is 21.9. The number of nitrogens with zero attached hydrogens (tertiary/aromatic N) is 4. The molecule has 4 rings (SSSR count). The Hall–Kier alpha value is -3.23. The summed E-state index contributed by atoms with van der Waals surface area (Å²) in [7, 11) is 0. The number of amides is 1. The number of pyridine rings is 1. The number of carbonyl (C=O) groups is 1. The lowest BCUT2D eigenvalue weighted by atomic mass is 9.96. The number of nitrogens with one attached hydrogen (secondary N) is 2. The third kappa shape index (κ3) is 4.05. The van der Waals surface area contributed by atoms with Gasteiger partial charge in [-0.15, -0.1) is 0 Å². The van der Waals surface area contributed by atoms with Gasteiger partial charge in [-0.1, -0.05) is 11.6 Å². The number of benzene rings is 1. The van der Waals surface area contributed by atoms with Crippen LogP contribution in [0.1, 0.15) is 30.8 Å². The Balaban J connectivity index is 1.73. The van der Waals surface area contributed by atoms with Crippen molar-refractivity contribution in [3.63, 3.8) is 0 Å². The van der Waals surface area contributed by atoms with Crippen LogP contribution >= 0.6 is 11.6 Å². The third-order valence-corrected chi connectivity index (χ3v) is 5.08. The third-order valence-electron chi connectivity index (χ3n) is 4.82. The van der Waals surface area contributed by atoms with Crippen molar-refractivity contribution >= 4 is 29.1 Å². The summed E-state index contributed by atoms with van der Waals surface area (Å²) >= 11 is 5.95. The molecule has 1 aliphatic heterocycles. The smallest absolute Gasteiger partial charge is 0.255 e. The molecule has 9 heteroatoms. The van der Waals surface area contributed by atoms with Gasteiger partial charge in [0.05, 0.1) is 5.57 Å². The molecule has 8 nitrogen and oxygen atoms in total. The molecule has 0 aliphatic carbocycles. The quantitative estimate of drug-likeness (QED) is 0.561. The second-order valence-electron chi connectivity index (χ2n) is 6.93. The van der Waals surface area contributed by atoms with E-state index in [1.165, 1.54) is 0 Å². The van der Waals surface area contributed by atoms with E-state index in [0.29, 0.717) is 46.6 Å². The summed E-state index contributed by atoms with van der Waals surface area (Å²) in [5.74, 6) is 0.922. The molecule has 1 atom stereocenters. The maximum Gasteiger partial charge on any atom is 0.255 e. The van der Waals surface area contributed by atoms with E-state index < -0.39 is 6.04 Å². The molecule has 3 heterocycles. The fourth-order valence-corrected chi connectivity index (χ4v) is 3.54. The molecule has 0 saturated carbocycles. The van der Waals surface area contributed by atoms with Crippen LogP contribution in [0.15, 0.2) is 60.1 Å². The van der Waals surface area contributed by atoms with E-state index in [1.54, 1.807) is 41.3 Å². The summed E-state index contributed by atoms with van der Waals surface area (Å²) < 4.78 is 1.71. The first-order valence-corrected chi connectivity index (χ1v) is 9.95. The van der Waals surface area contributed by atoms with E-state index in [4.69, 9.17) is 16.7 Å². The van der Waals surface area contributed by atoms with Gasteiger partial charge < -0.3 is 15.7 Å². The Morgan fingerprint density at radius 3 is 2.67 bits per heavy atom. The van der Waals surface area contributed by atoms with Crippen LogP contribution < -0.4 is 10.6 Å². The van der Waals surface area contributed by atoms with E-state index in [2.05, 4.69) is 25.7 Å². The van der Waals surface area contributed by atoms with Crippen LogP contribution in [0.25, 0.3) is 0 Å². The van der Waals surface area contributed by atoms with Crippen molar-refractivity contribution in [1.82, 2.24) is 19.7 Å². The molecule has 0 radical (unpaired) electrons. The molecule has 154 valence electrons. The van der Waals surface area contributed by atoms with Crippen molar-refractivity contribution < 1.29 is 9.90 Å². The van der Waals surface area contributed by atoms with E-state index in [0.717, 1.165) is 5.56 Å². The molecule has 1 aromatic carbocycles. The normalized spacial score (nSPS) is 15.5. The number of halogens is 1. The number of aliphatic hydroxyl groups is 1. The number of aromatic nitrogens is 4. The van der Waals surface area contributed by atoms with E-state index in [9.17, 15) is 4.79 Å². The Kier molecular flexibility index (Phi) is 5.78. The van der Waals surface area contributed by atoms with Gasteiger partial charge in [-0.25, -0.2) is 4.68 Å². The number of anilines is 2. The Bertz CT molecular complexity index is 1080. The largest absolute Gasteiger partial charge is 0.396 e. The van der Waals surface area contributed by atoms with E-state index >= 15 is 0 Å². The number of rotatable bonds is 6. The standard InChI is InChI=1S/C21H21ClN6O2/c1-13-18(20(30)25-16-6-4-15(22)5-7-16)19(14-8-10-23-11-9-14)28-21(24-13)26-17(27-28)3-2-12-29/h4-11,19,29H,2-3,12H2,1H3,(H,25,30)(H,24,26,27)/t19-/m0/s1. The SMILES string of the molecule is CC1=C(C(=O)Nc2ccc(Cl)cc2)[C@H](c2ccncc2)n2nc(CCCO)nc2N1. The zero-order valence-electron chi connectivity index (χ0n) is 16.3. The Labute approximate surface area is 178 Å². The number of aryl methyl sites for hydroxylation is 1. The average molecular weight is 425 g/mol. The zero-order chi connectivity index (χ0) is 21.1. The second-order valence-corrected chi connectivity index (χ2v) is 7.37. The highest BCUT2D eigenvalue weighted by Gasteiger charge is 2.34. The average Bonchev–Trinajstić information content (AvgIpc) is 3.15. The summed E-state index contributed by atoms with van der Waals surface area (Å²) in [6, 6.07) is 10.2. The summed E-state index contributed by atoms with van der Waals surface area (Å²) in [5, 5.41) is 20.5. The molecule has 3 aromatic rings. The zero-order valence-corrected chi connectivity index (χ0v) is 17.1. The van der Waals surface area contributed by atoms with Crippen LogP contribution in [0.5, 0.6) is 0 Å². The molecular weight excluding hydrogens is 404 g/mol. The highest BCUT2D eigenvalue weighted by Crippen LogP contribution is 2.35. The summed E-state index contributed by atoms with van der Waals surface area (Å²) in [6.45, 7) is 1.91.